The molecule has 24 heavy (non-hydrogen) atoms. The number of carbonyl (C=O) groups is 2. The Labute approximate surface area is 153 Å². The molecule has 1 N–H and O–H groups in total. The highest BCUT2D eigenvalue weighted by atomic mass is 35.5. The van der Waals surface area contributed by atoms with Crippen molar-refractivity contribution in [3.63, 3.8) is 0 Å². The van der Waals surface area contributed by atoms with Gasteiger partial charge in [-0.2, -0.15) is 0 Å². The average Bonchev–Trinajstić information content (AvgIpc) is 3.05. The third-order valence-corrected chi connectivity index (χ3v) is 5.39. The van der Waals surface area contributed by atoms with Crippen LogP contribution in [-0.2, 0) is 4.79 Å². The van der Waals surface area contributed by atoms with Crippen molar-refractivity contribution in [3.8, 4) is 11.1 Å². The maximum atomic E-state index is 12.7. The van der Waals surface area contributed by atoms with Crippen LogP contribution in [0, 0.1) is 0 Å². The molecule has 0 aliphatic carbocycles. The number of nitrogens with zero attached hydrogens (tertiary/aromatic N) is 1. The number of aliphatic carboxylic acids is 1. The Balaban J connectivity index is 1.95. The van der Waals surface area contributed by atoms with Crippen molar-refractivity contribution in [3.05, 3.63) is 58.1 Å². The second kappa shape index (κ2) is 7.05. The number of hydrogen-bond donors (Lipinski definition) is 1. The first kappa shape index (κ1) is 17.1. The fourth-order valence-electron chi connectivity index (χ4n) is 2.52. The summed E-state index contributed by atoms with van der Waals surface area (Å²) in [5.41, 5.74) is 1.96. The number of amides is 1. The zero-order valence-electron chi connectivity index (χ0n) is 12.4. The van der Waals surface area contributed by atoms with Crippen molar-refractivity contribution in [1.29, 1.82) is 0 Å². The predicted octanol–water partition coefficient (Wildman–Crippen LogP) is 4.26. The van der Waals surface area contributed by atoms with Gasteiger partial charge in [-0.15, -0.1) is 11.8 Å². The smallest absolute Gasteiger partial charge is 0.327 e. The van der Waals surface area contributed by atoms with Crippen LogP contribution in [0.5, 0.6) is 0 Å². The lowest BCUT2D eigenvalue weighted by Gasteiger charge is -2.21. The number of hydrogen-bond acceptors (Lipinski definition) is 3. The van der Waals surface area contributed by atoms with Gasteiger partial charge in [0.25, 0.3) is 5.91 Å². The summed E-state index contributed by atoms with van der Waals surface area (Å²) >= 11 is 13.6. The Bertz CT molecular complexity index is 795. The minimum atomic E-state index is -0.986. The molecule has 1 amide bonds. The van der Waals surface area contributed by atoms with E-state index in [2.05, 4.69) is 0 Å². The quantitative estimate of drug-likeness (QED) is 0.862. The first-order chi connectivity index (χ1) is 11.5. The Hall–Kier alpha value is -1.69. The number of carboxylic acid groups (broad SMARTS) is 1. The van der Waals surface area contributed by atoms with Crippen LogP contribution < -0.4 is 0 Å². The van der Waals surface area contributed by atoms with Crippen molar-refractivity contribution in [2.45, 2.75) is 6.04 Å². The Morgan fingerprint density at radius 3 is 2.50 bits per heavy atom. The summed E-state index contributed by atoms with van der Waals surface area (Å²) in [4.78, 5) is 25.4. The molecular formula is C17H13Cl2NO3S. The summed E-state index contributed by atoms with van der Waals surface area (Å²) in [6.07, 6.45) is 0. The highest BCUT2D eigenvalue weighted by Gasteiger charge is 2.35. The lowest BCUT2D eigenvalue weighted by atomic mass is 10.0. The molecule has 0 bridgehead atoms. The second-order valence-corrected chi connectivity index (χ2v) is 7.17. The molecule has 0 saturated carbocycles. The topological polar surface area (TPSA) is 57.6 Å². The summed E-state index contributed by atoms with van der Waals surface area (Å²) in [5, 5.41) is 10.4. The Morgan fingerprint density at radius 2 is 1.83 bits per heavy atom. The lowest BCUT2D eigenvalue weighted by Crippen LogP contribution is -2.41. The van der Waals surface area contributed by atoms with E-state index in [4.69, 9.17) is 23.2 Å². The van der Waals surface area contributed by atoms with E-state index >= 15 is 0 Å². The van der Waals surface area contributed by atoms with Gasteiger partial charge in [-0.1, -0.05) is 35.3 Å². The predicted molar refractivity (Wildman–Crippen MR) is 96.8 cm³/mol. The number of halogens is 2. The number of thioether (sulfide) groups is 1. The minimum absolute atomic E-state index is 0.306. The standard InChI is InChI=1S/C17H13Cl2NO3S/c18-12-4-1-10(2-5-12)13-7-11(3-6-14(13)19)16(21)20-9-24-8-15(20)17(22)23/h1-7,15H,8-9H2,(H,22,23)/t15-/m1/s1. The first-order valence-corrected chi connectivity index (χ1v) is 9.05. The Morgan fingerprint density at radius 1 is 1.12 bits per heavy atom. The summed E-state index contributed by atoms with van der Waals surface area (Å²) < 4.78 is 0. The van der Waals surface area contributed by atoms with E-state index in [9.17, 15) is 14.7 Å². The van der Waals surface area contributed by atoms with E-state index in [1.807, 2.05) is 12.1 Å². The number of benzene rings is 2. The second-order valence-electron chi connectivity index (χ2n) is 5.33. The molecule has 1 saturated heterocycles. The van der Waals surface area contributed by atoms with Crippen LogP contribution in [0.4, 0.5) is 0 Å². The molecule has 3 rings (SSSR count). The fraction of sp³-hybridized carbons (Fsp3) is 0.176. The van der Waals surface area contributed by atoms with Crippen LogP contribution in [0.3, 0.4) is 0 Å². The van der Waals surface area contributed by atoms with Gasteiger partial charge in [-0.3, -0.25) is 4.79 Å². The molecule has 1 heterocycles. The van der Waals surface area contributed by atoms with Crippen LogP contribution in [0.1, 0.15) is 10.4 Å². The highest BCUT2D eigenvalue weighted by molar-refractivity contribution is 7.99. The van der Waals surface area contributed by atoms with E-state index in [1.54, 1.807) is 30.3 Å². The van der Waals surface area contributed by atoms with E-state index in [1.165, 1.54) is 16.7 Å². The van der Waals surface area contributed by atoms with Gasteiger partial charge in [0.1, 0.15) is 6.04 Å². The largest absolute Gasteiger partial charge is 0.480 e. The zero-order chi connectivity index (χ0) is 17.3. The Kier molecular flexibility index (Phi) is 5.04. The van der Waals surface area contributed by atoms with Crippen LogP contribution in [0.2, 0.25) is 10.0 Å². The molecule has 124 valence electrons. The summed E-state index contributed by atoms with van der Waals surface area (Å²) in [7, 11) is 0. The lowest BCUT2D eigenvalue weighted by molar-refractivity contribution is -0.140. The molecule has 2 aromatic rings. The molecule has 1 aliphatic rings. The number of carboxylic acids is 1. The molecule has 1 aliphatic heterocycles. The van der Waals surface area contributed by atoms with Gasteiger partial charge in [0.15, 0.2) is 0 Å². The summed E-state index contributed by atoms with van der Waals surface area (Å²) in [6.45, 7) is 0. The molecule has 7 heteroatoms. The molecule has 1 fully saturated rings. The van der Waals surface area contributed by atoms with E-state index in [0.717, 1.165) is 5.56 Å². The van der Waals surface area contributed by atoms with E-state index in [0.29, 0.717) is 32.8 Å². The minimum Gasteiger partial charge on any atom is -0.480 e. The molecule has 0 unspecified atom stereocenters. The molecule has 0 radical (unpaired) electrons. The van der Waals surface area contributed by atoms with Gasteiger partial charge < -0.3 is 10.0 Å². The van der Waals surface area contributed by atoms with E-state index < -0.39 is 12.0 Å². The van der Waals surface area contributed by atoms with Gasteiger partial charge in [-0.25, -0.2) is 4.79 Å². The van der Waals surface area contributed by atoms with Crippen molar-refractivity contribution >= 4 is 46.8 Å². The normalized spacial score (nSPS) is 17.1. The van der Waals surface area contributed by atoms with Crippen LogP contribution in [-0.4, -0.2) is 39.6 Å². The molecular weight excluding hydrogens is 369 g/mol. The van der Waals surface area contributed by atoms with Crippen molar-refractivity contribution < 1.29 is 14.7 Å². The monoisotopic (exact) mass is 381 g/mol. The maximum Gasteiger partial charge on any atom is 0.327 e. The van der Waals surface area contributed by atoms with Crippen LogP contribution >= 0.6 is 35.0 Å². The maximum absolute atomic E-state index is 12.7. The van der Waals surface area contributed by atoms with Gasteiger partial charge in [0.2, 0.25) is 0 Å². The number of carbonyl (C=O) groups excluding carboxylic acids is 1. The average molecular weight is 382 g/mol. The third kappa shape index (κ3) is 3.38. The van der Waals surface area contributed by atoms with Crippen LogP contribution in [0.15, 0.2) is 42.5 Å². The number of rotatable bonds is 3. The molecule has 2 aromatic carbocycles. The highest BCUT2D eigenvalue weighted by Crippen LogP contribution is 2.31. The zero-order valence-corrected chi connectivity index (χ0v) is 14.7. The SMILES string of the molecule is O=C(O)[C@H]1CSCN1C(=O)c1ccc(Cl)c(-c2ccc(Cl)cc2)c1. The van der Waals surface area contributed by atoms with E-state index in [-0.39, 0.29) is 5.91 Å². The fourth-order valence-corrected chi connectivity index (χ4v) is 4.02. The molecule has 1 atom stereocenters. The third-order valence-electron chi connectivity index (χ3n) is 3.80. The van der Waals surface area contributed by atoms with Crippen molar-refractivity contribution in [2.24, 2.45) is 0 Å². The summed E-state index contributed by atoms with van der Waals surface area (Å²) in [6, 6.07) is 11.3. The molecule has 0 spiro atoms. The van der Waals surface area contributed by atoms with Crippen molar-refractivity contribution in [1.82, 2.24) is 4.90 Å². The van der Waals surface area contributed by atoms with Gasteiger partial charge >= 0.3 is 5.97 Å². The van der Waals surface area contributed by atoms with Gasteiger partial charge in [-0.05, 0) is 35.9 Å². The van der Waals surface area contributed by atoms with Gasteiger partial charge in [0.05, 0.1) is 5.88 Å². The molecule has 4 nitrogen and oxygen atoms in total. The first-order valence-electron chi connectivity index (χ1n) is 7.14. The van der Waals surface area contributed by atoms with Crippen molar-refractivity contribution in [2.75, 3.05) is 11.6 Å². The van der Waals surface area contributed by atoms with Crippen LogP contribution in [0.25, 0.3) is 11.1 Å². The molecule has 0 aromatic heterocycles. The summed E-state index contributed by atoms with van der Waals surface area (Å²) in [5.74, 6) is -0.521. The van der Waals surface area contributed by atoms with Gasteiger partial charge in [0, 0.05) is 26.9 Å².